The Bertz CT molecular complexity index is 198. The smallest absolute Gasteiger partial charge is 0.334 e. The Morgan fingerprint density at radius 3 is 2.87 bits per heavy atom. The Kier molecular flexibility index (Phi) is 5.60. The molecule has 0 saturated carbocycles. The fourth-order valence-electron chi connectivity index (χ4n) is 1.68. The van der Waals surface area contributed by atoms with Crippen LogP contribution in [0.2, 0.25) is 0 Å². The van der Waals surface area contributed by atoms with Crippen molar-refractivity contribution in [1.82, 2.24) is 4.90 Å². The molecule has 0 aromatic heterocycles. The predicted octanol–water partition coefficient (Wildman–Crippen LogP) is -0.0656. The van der Waals surface area contributed by atoms with E-state index in [1.54, 1.807) is 0 Å². The molecule has 5 heteroatoms. The van der Waals surface area contributed by atoms with Crippen LogP contribution in [0.15, 0.2) is 0 Å². The van der Waals surface area contributed by atoms with E-state index >= 15 is 0 Å². The molecular weight excluding hydrogens is 198 g/mol. The van der Waals surface area contributed by atoms with Crippen LogP contribution in [0, 0.1) is 0 Å². The molecule has 0 radical (unpaired) electrons. The van der Waals surface area contributed by atoms with E-state index in [0.29, 0.717) is 13.2 Å². The number of ether oxygens (including phenoxy) is 1. The molecule has 0 bridgehead atoms. The van der Waals surface area contributed by atoms with Crippen molar-refractivity contribution in [1.29, 1.82) is 0 Å². The van der Waals surface area contributed by atoms with Crippen molar-refractivity contribution in [3.63, 3.8) is 0 Å². The summed E-state index contributed by atoms with van der Waals surface area (Å²) in [6.45, 7) is 2.92. The monoisotopic (exact) mass is 217 g/mol. The zero-order valence-electron chi connectivity index (χ0n) is 8.89. The van der Waals surface area contributed by atoms with Crippen LogP contribution in [-0.2, 0) is 9.53 Å². The Labute approximate surface area is 89.6 Å². The van der Waals surface area contributed by atoms with E-state index in [9.17, 15) is 4.79 Å². The first-order valence-electron chi connectivity index (χ1n) is 5.41. The summed E-state index contributed by atoms with van der Waals surface area (Å²) in [4.78, 5) is 12.8. The van der Waals surface area contributed by atoms with Gasteiger partial charge in [-0.1, -0.05) is 0 Å². The number of hydrogen-bond acceptors (Lipinski definition) is 4. The molecule has 1 heterocycles. The van der Waals surface area contributed by atoms with Crippen LogP contribution in [-0.4, -0.2) is 60.0 Å². The van der Waals surface area contributed by atoms with Crippen molar-refractivity contribution in [2.75, 3.05) is 32.8 Å². The van der Waals surface area contributed by atoms with E-state index in [0.717, 1.165) is 32.4 Å². The molecule has 0 aliphatic carbocycles. The zero-order valence-corrected chi connectivity index (χ0v) is 8.89. The van der Waals surface area contributed by atoms with Gasteiger partial charge < -0.3 is 14.9 Å². The number of hydrogen-bond donors (Lipinski definition) is 2. The second-order valence-electron chi connectivity index (χ2n) is 3.78. The molecular formula is C10H19NO4. The van der Waals surface area contributed by atoms with Gasteiger partial charge in [0, 0.05) is 19.7 Å². The van der Waals surface area contributed by atoms with Crippen LogP contribution < -0.4 is 0 Å². The maximum Gasteiger partial charge on any atom is 0.334 e. The highest BCUT2D eigenvalue weighted by atomic mass is 16.5. The van der Waals surface area contributed by atoms with Gasteiger partial charge >= 0.3 is 5.97 Å². The second kappa shape index (κ2) is 6.76. The summed E-state index contributed by atoms with van der Waals surface area (Å²) in [7, 11) is 0. The quantitative estimate of drug-likeness (QED) is 0.610. The number of morpholine rings is 1. The van der Waals surface area contributed by atoms with Gasteiger partial charge in [0.1, 0.15) is 0 Å². The van der Waals surface area contributed by atoms with E-state index in [2.05, 4.69) is 4.90 Å². The minimum atomic E-state index is -0.880. The van der Waals surface area contributed by atoms with Gasteiger partial charge in [-0.3, -0.25) is 4.90 Å². The molecule has 2 N–H and O–H groups in total. The number of carbonyl (C=O) groups is 1. The summed E-state index contributed by atoms with van der Waals surface area (Å²) in [5.74, 6) is -0.880. The van der Waals surface area contributed by atoms with E-state index in [1.807, 2.05) is 0 Å². The molecule has 0 spiro atoms. The van der Waals surface area contributed by atoms with Crippen LogP contribution in [0.1, 0.15) is 19.3 Å². The fourth-order valence-corrected chi connectivity index (χ4v) is 1.68. The summed E-state index contributed by atoms with van der Waals surface area (Å²) < 4.78 is 5.12. The molecule has 1 aliphatic rings. The number of carboxylic acids is 1. The average molecular weight is 217 g/mol. The molecule has 0 aromatic rings. The van der Waals surface area contributed by atoms with Crippen LogP contribution >= 0.6 is 0 Å². The molecule has 1 aliphatic heterocycles. The van der Waals surface area contributed by atoms with Gasteiger partial charge in [0.05, 0.1) is 6.61 Å². The predicted molar refractivity (Wildman–Crippen MR) is 54.8 cm³/mol. The van der Waals surface area contributed by atoms with Crippen molar-refractivity contribution >= 4 is 5.97 Å². The standard InChI is InChI=1S/C10H19NO4/c12-6-3-1-2-4-11-5-7-15-9(8-11)10(13)14/h9,12H,1-8H2,(H,13,14). The molecule has 5 nitrogen and oxygen atoms in total. The molecule has 15 heavy (non-hydrogen) atoms. The van der Waals surface area contributed by atoms with Gasteiger partial charge in [0.15, 0.2) is 6.10 Å². The molecule has 1 rings (SSSR count). The zero-order chi connectivity index (χ0) is 11.1. The van der Waals surface area contributed by atoms with E-state index in [4.69, 9.17) is 14.9 Å². The van der Waals surface area contributed by atoms with E-state index < -0.39 is 12.1 Å². The third-order valence-electron chi connectivity index (χ3n) is 2.56. The van der Waals surface area contributed by atoms with Gasteiger partial charge in [0.25, 0.3) is 0 Å². The Morgan fingerprint density at radius 1 is 1.40 bits per heavy atom. The first-order chi connectivity index (χ1) is 7.24. The highest BCUT2D eigenvalue weighted by Crippen LogP contribution is 2.07. The Balaban J connectivity index is 2.15. The van der Waals surface area contributed by atoms with Crippen LogP contribution in [0.4, 0.5) is 0 Å². The van der Waals surface area contributed by atoms with E-state index in [-0.39, 0.29) is 6.61 Å². The largest absolute Gasteiger partial charge is 0.479 e. The van der Waals surface area contributed by atoms with Crippen molar-refractivity contribution < 1.29 is 19.7 Å². The number of aliphatic hydroxyl groups excluding tert-OH is 1. The summed E-state index contributed by atoms with van der Waals surface area (Å²) in [5.41, 5.74) is 0. The summed E-state index contributed by atoms with van der Waals surface area (Å²) in [6.07, 6.45) is 2.15. The summed E-state index contributed by atoms with van der Waals surface area (Å²) in [6, 6.07) is 0. The highest BCUT2D eigenvalue weighted by molar-refractivity contribution is 5.72. The molecule has 1 saturated heterocycles. The SMILES string of the molecule is O=C(O)C1CN(CCCCCO)CCO1. The summed E-state index contributed by atoms with van der Waals surface area (Å²) >= 11 is 0. The molecule has 0 aromatic carbocycles. The van der Waals surface area contributed by atoms with E-state index in [1.165, 1.54) is 0 Å². The number of rotatable bonds is 6. The lowest BCUT2D eigenvalue weighted by molar-refractivity contribution is -0.156. The van der Waals surface area contributed by atoms with Gasteiger partial charge in [-0.25, -0.2) is 4.79 Å². The average Bonchev–Trinajstić information content (AvgIpc) is 2.25. The minimum Gasteiger partial charge on any atom is -0.479 e. The van der Waals surface area contributed by atoms with Crippen molar-refractivity contribution in [2.24, 2.45) is 0 Å². The van der Waals surface area contributed by atoms with Gasteiger partial charge in [-0.2, -0.15) is 0 Å². The first kappa shape index (κ1) is 12.4. The van der Waals surface area contributed by atoms with Gasteiger partial charge in [-0.05, 0) is 25.8 Å². The number of carboxylic acid groups (broad SMARTS) is 1. The van der Waals surface area contributed by atoms with Crippen LogP contribution in [0.25, 0.3) is 0 Å². The molecule has 1 unspecified atom stereocenters. The normalized spacial score (nSPS) is 22.9. The molecule has 1 fully saturated rings. The maximum atomic E-state index is 10.7. The van der Waals surface area contributed by atoms with Crippen LogP contribution in [0.5, 0.6) is 0 Å². The van der Waals surface area contributed by atoms with Crippen molar-refractivity contribution in [3.8, 4) is 0 Å². The lowest BCUT2D eigenvalue weighted by atomic mass is 10.2. The van der Waals surface area contributed by atoms with Crippen LogP contribution in [0.3, 0.4) is 0 Å². The maximum absolute atomic E-state index is 10.7. The second-order valence-corrected chi connectivity index (χ2v) is 3.78. The molecule has 0 amide bonds. The third-order valence-corrected chi connectivity index (χ3v) is 2.56. The Morgan fingerprint density at radius 2 is 2.20 bits per heavy atom. The topological polar surface area (TPSA) is 70.0 Å². The number of nitrogens with zero attached hydrogens (tertiary/aromatic N) is 1. The van der Waals surface area contributed by atoms with Gasteiger partial charge in [0.2, 0.25) is 0 Å². The molecule has 1 atom stereocenters. The third kappa shape index (κ3) is 4.59. The minimum absolute atomic E-state index is 0.237. The number of aliphatic hydroxyl groups is 1. The summed E-state index contributed by atoms with van der Waals surface area (Å²) in [5, 5.41) is 17.4. The fraction of sp³-hybridized carbons (Fsp3) is 0.900. The lowest BCUT2D eigenvalue weighted by Crippen LogP contribution is -2.46. The van der Waals surface area contributed by atoms with Gasteiger partial charge in [-0.15, -0.1) is 0 Å². The van der Waals surface area contributed by atoms with Crippen molar-refractivity contribution in [2.45, 2.75) is 25.4 Å². The van der Waals surface area contributed by atoms with Crippen molar-refractivity contribution in [3.05, 3.63) is 0 Å². The Hall–Kier alpha value is -0.650. The first-order valence-corrected chi connectivity index (χ1v) is 5.41. The number of aliphatic carboxylic acids is 1. The highest BCUT2D eigenvalue weighted by Gasteiger charge is 2.25. The lowest BCUT2D eigenvalue weighted by Gasteiger charge is -2.30. The number of unbranched alkanes of at least 4 members (excludes halogenated alkanes) is 2. The molecule has 88 valence electrons.